The van der Waals surface area contributed by atoms with E-state index in [4.69, 9.17) is 0 Å². The quantitative estimate of drug-likeness (QED) is 0.822. The van der Waals surface area contributed by atoms with Crippen molar-refractivity contribution in [3.8, 4) is 0 Å². The number of amides is 1. The molecule has 1 atom stereocenters. The monoisotopic (exact) mass is 367 g/mol. The van der Waals surface area contributed by atoms with E-state index in [1.54, 1.807) is 18.3 Å². The van der Waals surface area contributed by atoms with Crippen LogP contribution in [-0.4, -0.2) is 55.1 Å². The van der Waals surface area contributed by atoms with Gasteiger partial charge in [0.2, 0.25) is 0 Å². The lowest BCUT2D eigenvalue weighted by atomic mass is 10.2. The molecule has 0 bridgehead atoms. The van der Waals surface area contributed by atoms with Crippen molar-refractivity contribution in [2.24, 2.45) is 0 Å². The zero-order chi connectivity index (χ0) is 19.2. The molecule has 1 aliphatic heterocycles. The molecular formula is C21H29N5O. The first-order chi connectivity index (χ1) is 13.0. The van der Waals surface area contributed by atoms with E-state index < -0.39 is 0 Å². The molecule has 0 saturated carbocycles. The number of nitrogens with zero attached hydrogens (tertiary/aromatic N) is 3. The second-order valence-electron chi connectivity index (χ2n) is 7.17. The van der Waals surface area contributed by atoms with Crippen LogP contribution in [0.3, 0.4) is 0 Å². The van der Waals surface area contributed by atoms with E-state index in [-0.39, 0.29) is 11.9 Å². The average molecular weight is 367 g/mol. The number of nitrogens with one attached hydrogen (secondary N) is 2. The molecule has 0 aliphatic carbocycles. The Kier molecular flexibility index (Phi) is 6.29. The summed E-state index contributed by atoms with van der Waals surface area (Å²) in [4.78, 5) is 21.4. The van der Waals surface area contributed by atoms with Crippen LogP contribution in [-0.2, 0) is 0 Å². The Morgan fingerprint density at radius 3 is 2.52 bits per heavy atom. The number of hydrogen-bond acceptors (Lipinski definition) is 5. The predicted molar refractivity (Wildman–Crippen MR) is 111 cm³/mol. The summed E-state index contributed by atoms with van der Waals surface area (Å²) in [5.41, 5.74) is 2.81. The number of likely N-dealkylation sites (N-methyl/N-ethyl adjacent to an activating group) is 1. The van der Waals surface area contributed by atoms with Gasteiger partial charge in [0, 0.05) is 55.4 Å². The highest BCUT2D eigenvalue weighted by atomic mass is 16.1. The van der Waals surface area contributed by atoms with Crippen LogP contribution in [0.4, 0.5) is 17.2 Å². The van der Waals surface area contributed by atoms with Gasteiger partial charge in [0.15, 0.2) is 0 Å². The van der Waals surface area contributed by atoms with Crippen molar-refractivity contribution in [1.29, 1.82) is 0 Å². The summed E-state index contributed by atoms with van der Waals surface area (Å²) in [7, 11) is 2.16. The minimum atomic E-state index is -0.0692. The second-order valence-corrected chi connectivity index (χ2v) is 7.17. The van der Waals surface area contributed by atoms with Crippen LogP contribution in [0, 0.1) is 0 Å². The molecule has 2 aromatic rings. The normalized spacial score (nSPS) is 16.0. The van der Waals surface area contributed by atoms with E-state index >= 15 is 0 Å². The lowest BCUT2D eigenvalue weighted by Gasteiger charge is -2.34. The third-order valence-electron chi connectivity index (χ3n) is 5.02. The standard InChI is InChI=1S/C21H29N5O/c1-4-16(2)23-21(27)17-9-10-22-20(15-17)24-18-5-7-19(8-6-18)26-13-11-25(3)12-14-26/h5-10,15-16H,4,11-14H2,1-3H3,(H,22,24)(H,23,27). The minimum absolute atomic E-state index is 0.0692. The van der Waals surface area contributed by atoms with Crippen LogP contribution in [0.25, 0.3) is 0 Å². The number of hydrogen-bond donors (Lipinski definition) is 2. The van der Waals surface area contributed by atoms with Crippen molar-refractivity contribution in [1.82, 2.24) is 15.2 Å². The number of pyridine rings is 1. The van der Waals surface area contributed by atoms with Gasteiger partial charge in [-0.1, -0.05) is 6.92 Å². The summed E-state index contributed by atoms with van der Waals surface area (Å²) in [6.45, 7) is 8.34. The first-order valence-corrected chi connectivity index (χ1v) is 9.62. The summed E-state index contributed by atoms with van der Waals surface area (Å²) >= 11 is 0. The van der Waals surface area contributed by atoms with Crippen molar-refractivity contribution >= 4 is 23.1 Å². The molecule has 1 saturated heterocycles. The molecule has 1 amide bonds. The summed E-state index contributed by atoms with van der Waals surface area (Å²) in [6, 6.07) is 12.1. The maximum atomic E-state index is 12.3. The van der Waals surface area contributed by atoms with Gasteiger partial charge < -0.3 is 20.4 Å². The summed E-state index contributed by atoms with van der Waals surface area (Å²) in [5.74, 6) is 0.597. The second kappa shape index (κ2) is 8.86. The Morgan fingerprint density at radius 2 is 1.85 bits per heavy atom. The number of rotatable bonds is 6. The highest BCUT2D eigenvalue weighted by Crippen LogP contribution is 2.21. The fraction of sp³-hybridized carbons (Fsp3) is 0.429. The molecule has 27 heavy (non-hydrogen) atoms. The summed E-state index contributed by atoms with van der Waals surface area (Å²) in [5, 5.41) is 6.27. The number of carbonyl (C=O) groups is 1. The number of anilines is 3. The van der Waals surface area contributed by atoms with Crippen LogP contribution >= 0.6 is 0 Å². The smallest absolute Gasteiger partial charge is 0.251 e. The molecule has 1 aliphatic rings. The van der Waals surface area contributed by atoms with E-state index in [0.717, 1.165) is 38.3 Å². The van der Waals surface area contributed by atoms with Gasteiger partial charge in [-0.05, 0) is 56.8 Å². The molecule has 0 radical (unpaired) electrons. The average Bonchev–Trinajstić information content (AvgIpc) is 2.69. The molecule has 1 aromatic heterocycles. The fourth-order valence-electron chi connectivity index (χ4n) is 3.02. The highest BCUT2D eigenvalue weighted by Gasteiger charge is 2.14. The SMILES string of the molecule is CCC(C)NC(=O)c1ccnc(Nc2ccc(N3CCN(C)CC3)cc2)c1. The number of piperazine rings is 1. The number of aromatic nitrogens is 1. The highest BCUT2D eigenvalue weighted by molar-refractivity contribution is 5.95. The van der Waals surface area contributed by atoms with Crippen LogP contribution < -0.4 is 15.5 Å². The topological polar surface area (TPSA) is 60.5 Å². The molecule has 2 heterocycles. The molecule has 3 rings (SSSR count). The largest absolute Gasteiger partial charge is 0.369 e. The molecule has 0 spiro atoms. The summed E-state index contributed by atoms with van der Waals surface area (Å²) < 4.78 is 0. The van der Waals surface area contributed by atoms with Gasteiger partial charge in [-0.2, -0.15) is 0 Å². The van der Waals surface area contributed by atoms with Gasteiger partial charge in [-0.3, -0.25) is 4.79 Å². The lowest BCUT2D eigenvalue weighted by Crippen LogP contribution is -2.44. The molecule has 1 fully saturated rings. The molecule has 6 nitrogen and oxygen atoms in total. The van der Waals surface area contributed by atoms with Crippen molar-refractivity contribution < 1.29 is 4.79 Å². The number of carbonyl (C=O) groups excluding carboxylic acids is 1. The fourth-order valence-corrected chi connectivity index (χ4v) is 3.02. The zero-order valence-corrected chi connectivity index (χ0v) is 16.4. The Labute approximate surface area is 161 Å². The molecular weight excluding hydrogens is 338 g/mol. The van der Waals surface area contributed by atoms with Crippen LogP contribution in [0.15, 0.2) is 42.6 Å². The minimum Gasteiger partial charge on any atom is -0.369 e. The predicted octanol–water partition coefficient (Wildman–Crippen LogP) is 3.11. The van der Waals surface area contributed by atoms with Gasteiger partial charge in [0.05, 0.1) is 0 Å². The van der Waals surface area contributed by atoms with E-state index in [9.17, 15) is 4.79 Å². The molecule has 1 aromatic carbocycles. The van der Waals surface area contributed by atoms with E-state index in [1.807, 2.05) is 6.92 Å². The summed E-state index contributed by atoms with van der Waals surface area (Å²) in [6.07, 6.45) is 2.56. The lowest BCUT2D eigenvalue weighted by molar-refractivity contribution is 0.0939. The molecule has 1 unspecified atom stereocenters. The Morgan fingerprint density at radius 1 is 1.15 bits per heavy atom. The van der Waals surface area contributed by atoms with Crippen LogP contribution in [0.2, 0.25) is 0 Å². The first kappa shape index (κ1) is 19.2. The maximum Gasteiger partial charge on any atom is 0.251 e. The third-order valence-corrected chi connectivity index (χ3v) is 5.02. The van der Waals surface area contributed by atoms with E-state index in [2.05, 4.69) is 63.7 Å². The van der Waals surface area contributed by atoms with Gasteiger partial charge in [0.25, 0.3) is 5.91 Å². The first-order valence-electron chi connectivity index (χ1n) is 9.62. The third kappa shape index (κ3) is 5.20. The van der Waals surface area contributed by atoms with Gasteiger partial charge in [0.1, 0.15) is 5.82 Å². The Balaban J connectivity index is 1.63. The van der Waals surface area contributed by atoms with Crippen molar-refractivity contribution in [3.63, 3.8) is 0 Å². The van der Waals surface area contributed by atoms with Gasteiger partial charge >= 0.3 is 0 Å². The van der Waals surface area contributed by atoms with Gasteiger partial charge in [-0.15, -0.1) is 0 Å². The molecule has 2 N–H and O–H groups in total. The van der Waals surface area contributed by atoms with Gasteiger partial charge in [-0.25, -0.2) is 4.98 Å². The number of benzene rings is 1. The van der Waals surface area contributed by atoms with Crippen LogP contribution in [0.1, 0.15) is 30.6 Å². The van der Waals surface area contributed by atoms with E-state index in [1.165, 1.54) is 5.69 Å². The molecule has 144 valence electrons. The van der Waals surface area contributed by atoms with Crippen LogP contribution in [0.5, 0.6) is 0 Å². The zero-order valence-electron chi connectivity index (χ0n) is 16.4. The van der Waals surface area contributed by atoms with Crippen molar-refractivity contribution in [2.75, 3.05) is 43.4 Å². The Bertz CT molecular complexity index is 753. The Hall–Kier alpha value is -2.60. The maximum absolute atomic E-state index is 12.3. The van der Waals surface area contributed by atoms with E-state index in [0.29, 0.717) is 11.4 Å². The molecule has 6 heteroatoms. The van der Waals surface area contributed by atoms with Crippen molar-refractivity contribution in [3.05, 3.63) is 48.2 Å². The van der Waals surface area contributed by atoms with Crippen molar-refractivity contribution in [2.45, 2.75) is 26.3 Å².